The first kappa shape index (κ1) is 13.6. The fraction of sp³-hybridized carbons (Fsp3) is 0.625. The van der Waals surface area contributed by atoms with Gasteiger partial charge in [-0.05, 0) is 43.3 Å². The van der Waals surface area contributed by atoms with Crippen LogP contribution in [-0.2, 0) is 0 Å². The van der Waals surface area contributed by atoms with Gasteiger partial charge in [0, 0.05) is 12.6 Å². The average Bonchev–Trinajstić information content (AvgIpc) is 2.52. The lowest BCUT2D eigenvalue weighted by Gasteiger charge is -2.25. The fourth-order valence-electron chi connectivity index (χ4n) is 2.75. The van der Waals surface area contributed by atoms with Gasteiger partial charge >= 0.3 is 0 Å². The van der Waals surface area contributed by atoms with E-state index in [1.807, 2.05) is 6.07 Å². The van der Waals surface area contributed by atoms with E-state index >= 15 is 0 Å². The molecular weight excluding hydrogens is 220 g/mol. The van der Waals surface area contributed by atoms with Crippen LogP contribution >= 0.6 is 0 Å². The first-order valence-corrected chi connectivity index (χ1v) is 7.10. The van der Waals surface area contributed by atoms with Crippen LogP contribution in [-0.4, -0.2) is 24.5 Å². The maximum absolute atomic E-state index is 6.30. The van der Waals surface area contributed by atoms with Gasteiger partial charge in [-0.3, -0.25) is 0 Å². The number of likely N-dealkylation sites (tertiary alicyclic amines) is 1. The number of benzene rings is 1. The molecule has 2 N–H and O–H groups in total. The van der Waals surface area contributed by atoms with Crippen LogP contribution in [0.3, 0.4) is 0 Å². The topological polar surface area (TPSA) is 29.3 Å². The summed E-state index contributed by atoms with van der Waals surface area (Å²) in [7, 11) is 0. The Labute approximate surface area is 111 Å². The second kappa shape index (κ2) is 5.85. The minimum absolute atomic E-state index is 0.146. The van der Waals surface area contributed by atoms with Crippen LogP contribution in [0.2, 0.25) is 0 Å². The maximum atomic E-state index is 6.30. The Morgan fingerprint density at radius 3 is 2.61 bits per heavy atom. The fourth-order valence-corrected chi connectivity index (χ4v) is 2.75. The summed E-state index contributed by atoms with van der Waals surface area (Å²) in [5.41, 5.74) is 8.06. The van der Waals surface area contributed by atoms with Crippen LogP contribution in [0.25, 0.3) is 0 Å². The van der Waals surface area contributed by atoms with Gasteiger partial charge in [-0.1, -0.05) is 44.2 Å². The van der Waals surface area contributed by atoms with Crippen molar-refractivity contribution >= 4 is 0 Å². The van der Waals surface area contributed by atoms with Crippen molar-refractivity contribution in [1.29, 1.82) is 0 Å². The molecule has 1 aliphatic heterocycles. The molecule has 1 aromatic carbocycles. The Balaban J connectivity index is 1.90. The summed E-state index contributed by atoms with van der Waals surface area (Å²) in [5, 5.41) is 0. The van der Waals surface area contributed by atoms with Crippen molar-refractivity contribution in [3.8, 4) is 0 Å². The highest BCUT2D eigenvalue weighted by Gasteiger charge is 2.23. The molecule has 100 valence electrons. The van der Waals surface area contributed by atoms with E-state index in [2.05, 4.69) is 43.0 Å². The predicted molar refractivity (Wildman–Crippen MR) is 77.4 cm³/mol. The molecule has 0 aromatic heterocycles. The van der Waals surface area contributed by atoms with Crippen molar-refractivity contribution in [1.82, 2.24) is 4.90 Å². The highest BCUT2D eigenvalue weighted by atomic mass is 15.1. The minimum Gasteiger partial charge on any atom is -0.323 e. The van der Waals surface area contributed by atoms with E-state index in [0.717, 1.165) is 6.54 Å². The van der Waals surface area contributed by atoms with Crippen LogP contribution < -0.4 is 5.73 Å². The molecule has 2 heteroatoms. The average molecular weight is 246 g/mol. The van der Waals surface area contributed by atoms with Gasteiger partial charge in [-0.25, -0.2) is 0 Å². The lowest BCUT2D eigenvalue weighted by atomic mass is 9.85. The van der Waals surface area contributed by atoms with Crippen LogP contribution in [0.1, 0.15) is 44.7 Å². The molecule has 2 rings (SSSR count). The third-order valence-electron chi connectivity index (χ3n) is 4.12. The van der Waals surface area contributed by atoms with Crippen molar-refractivity contribution in [3.05, 3.63) is 35.9 Å². The van der Waals surface area contributed by atoms with Crippen LogP contribution in [0.4, 0.5) is 0 Å². The van der Waals surface area contributed by atoms with Gasteiger partial charge in [-0.2, -0.15) is 0 Å². The lowest BCUT2D eigenvalue weighted by Crippen LogP contribution is -2.33. The predicted octanol–water partition coefficient (Wildman–Crippen LogP) is 3.20. The zero-order valence-electron chi connectivity index (χ0n) is 11.7. The molecule has 0 saturated carbocycles. The molecule has 18 heavy (non-hydrogen) atoms. The van der Waals surface area contributed by atoms with E-state index in [1.165, 1.54) is 37.9 Å². The van der Waals surface area contributed by atoms with E-state index in [0.29, 0.717) is 5.41 Å². The first-order valence-electron chi connectivity index (χ1n) is 7.10. The third kappa shape index (κ3) is 3.82. The molecular formula is C16H26N2. The number of hydrogen-bond donors (Lipinski definition) is 1. The molecule has 2 nitrogen and oxygen atoms in total. The SMILES string of the molecule is CC1(C)CCCN(CC(N)c2ccccc2)CC1. The number of rotatable bonds is 3. The molecule has 0 amide bonds. The monoisotopic (exact) mass is 246 g/mol. The first-order chi connectivity index (χ1) is 8.57. The van der Waals surface area contributed by atoms with Crippen LogP contribution in [0, 0.1) is 5.41 Å². The van der Waals surface area contributed by atoms with Gasteiger partial charge in [0.1, 0.15) is 0 Å². The van der Waals surface area contributed by atoms with E-state index in [4.69, 9.17) is 5.73 Å². The highest BCUT2D eigenvalue weighted by molar-refractivity contribution is 5.18. The van der Waals surface area contributed by atoms with Gasteiger partial charge in [-0.15, -0.1) is 0 Å². The van der Waals surface area contributed by atoms with Crippen LogP contribution in [0.15, 0.2) is 30.3 Å². The zero-order chi connectivity index (χ0) is 13.0. The number of hydrogen-bond acceptors (Lipinski definition) is 2. The largest absolute Gasteiger partial charge is 0.323 e. The molecule has 1 unspecified atom stereocenters. The van der Waals surface area contributed by atoms with Crippen molar-refractivity contribution in [2.24, 2.45) is 11.1 Å². The molecule has 1 heterocycles. The molecule has 0 radical (unpaired) electrons. The van der Waals surface area contributed by atoms with Crippen LogP contribution in [0.5, 0.6) is 0 Å². The Morgan fingerprint density at radius 2 is 1.89 bits per heavy atom. The van der Waals surface area contributed by atoms with Crippen molar-refractivity contribution < 1.29 is 0 Å². The Bertz CT molecular complexity index is 359. The van der Waals surface area contributed by atoms with E-state index in [9.17, 15) is 0 Å². The van der Waals surface area contributed by atoms with E-state index < -0.39 is 0 Å². The van der Waals surface area contributed by atoms with E-state index in [1.54, 1.807) is 0 Å². The molecule has 1 aliphatic rings. The summed E-state index contributed by atoms with van der Waals surface area (Å²) in [4.78, 5) is 2.53. The smallest absolute Gasteiger partial charge is 0.0424 e. The highest BCUT2D eigenvalue weighted by Crippen LogP contribution is 2.30. The summed E-state index contributed by atoms with van der Waals surface area (Å²) in [5.74, 6) is 0. The molecule has 1 atom stereocenters. The quantitative estimate of drug-likeness (QED) is 0.887. The molecule has 1 fully saturated rings. The lowest BCUT2D eigenvalue weighted by molar-refractivity contribution is 0.250. The summed E-state index contributed by atoms with van der Waals surface area (Å²) >= 11 is 0. The van der Waals surface area contributed by atoms with Gasteiger partial charge in [0.15, 0.2) is 0 Å². The molecule has 0 spiro atoms. The van der Waals surface area contributed by atoms with Gasteiger partial charge in [0.2, 0.25) is 0 Å². The summed E-state index contributed by atoms with van der Waals surface area (Å²) in [6, 6.07) is 10.6. The Hall–Kier alpha value is -0.860. The van der Waals surface area contributed by atoms with Crippen molar-refractivity contribution in [2.45, 2.75) is 39.2 Å². The Kier molecular flexibility index (Phi) is 4.41. The zero-order valence-corrected chi connectivity index (χ0v) is 11.7. The second-order valence-corrected chi connectivity index (χ2v) is 6.34. The summed E-state index contributed by atoms with van der Waals surface area (Å²) in [6.45, 7) is 8.14. The van der Waals surface area contributed by atoms with Crippen molar-refractivity contribution in [3.63, 3.8) is 0 Å². The molecule has 1 saturated heterocycles. The van der Waals surface area contributed by atoms with Crippen molar-refractivity contribution in [2.75, 3.05) is 19.6 Å². The summed E-state index contributed by atoms with van der Waals surface area (Å²) in [6.07, 6.45) is 3.92. The molecule has 0 bridgehead atoms. The molecule has 1 aromatic rings. The van der Waals surface area contributed by atoms with E-state index in [-0.39, 0.29) is 6.04 Å². The third-order valence-corrected chi connectivity index (χ3v) is 4.12. The van der Waals surface area contributed by atoms with Gasteiger partial charge in [0.05, 0.1) is 0 Å². The minimum atomic E-state index is 0.146. The number of nitrogens with zero attached hydrogens (tertiary/aromatic N) is 1. The standard InChI is InChI=1S/C16H26N2/c1-16(2)9-6-11-18(12-10-16)13-15(17)14-7-4-3-5-8-14/h3-5,7-8,15H,6,9-13,17H2,1-2H3. The number of nitrogens with two attached hydrogens (primary N) is 1. The van der Waals surface area contributed by atoms with Gasteiger partial charge < -0.3 is 10.6 Å². The second-order valence-electron chi connectivity index (χ2n) is 6.34. The normalized spacial score (nSPS) is 22.4. The summed E-state index contributed by atoms with van der Waals surface area (Å²) < 4.78 is 0. The maximum Gasteiger partial charge on any atom is 0.0424 e. The Morgan fingerprint density at radius 1 is 1.17 bits per heavy atom. The van der Waals surface area contributed by atoms with Gasteiger partial charge in [0.25, 0.3) is 0 Å². The molecule has 0 aliphatic carbocycles.